The summed E-state index contributed by atoms with van der Waals surface area (Å²) in [5.41, 5.74) is 17.6. The molecule has 0 atom stereocenters. The van der Waals surface area contributed by atoms with Crippen LogP contribution in [0.15, 0.2) is 231 Å². The first-order valence-electron chi connectivity index (χ1n) is 21.2. The number of hydrogen-bond donors (Lipinski definition) is 0. The number of aromatic nitrogens is 3. The maximum absolute atomic E-state index is 4.97. The molecule has 12 aromatic rings. The predicted molar refractivity (Wildman–Crippen MR) is 266 cm³/mol. The van der Waals surface area contributed by atoms with Gasteiger partial charge in [-0.05, 0) is 116 Å². The summed E-state index contributed by atoms with van der Waals surface area (Å²) in [5, 5.41) is 5.00. The Morgan fingerprint density at radius 3 is 1.51 bits per heavy atom. The van der Waals surface area contributed by atoms with Crippen molar-refractivity contribution in [3.8, 4) is 50.2 Å². The van der Waals surface area contributed by atoms with E-state index in [0.29, 0.717) is 0 Å². The van der Waals surface area contributed by atoms with E-state index in [0.717, 1.165) is 44.9 Å². The van der Waals surface area contributed by atoms with Crippen LogP contribution in [0.3, 0.4) is 0 Å². The van der Waals surface area contributed by atoms with E-state index < -0.39 is 0 Å². The highest BCUT2D eigenvalue weighted by Gasteiger charge is 2.21. The number of nitrogens with zero attached hydrogens (tertiary/aromatic N) is 4. The van der Waals surface area contributed by atoms with Gasteiger partial charge in [-0.15, -0.1) is 0 Å². The minimum Gasteiger partial charge on any atom is -0.309 e. The molecule has 2 heterocycles. The maximum atomic E-state index is 4.97. The van der Waals surface area contributed by atoms with E-state index in [1.165, 1.54) is 77.7 Å². The van der Waals surface area contributed by atoms with Crippen molar-refractivity contribution < 1.29 is 0 Å². The summed E-state index contributed by atoms with van der Waals surface area (Å²) in [6.45, 7) is 0. The van der Waals surface area contributed by atoms with Crippen molar-refractivity contribution in [2.75, 3.05) is 4.90 Å². The van der Waals surface area contributed by atoms with E-state index in [-0.39, 0.29) is 0 Å². The Morgan fingerprint density at radius 1 is 0.365 bits per heavy atom. The van der Waals surface area contributed by atoms with Gasteiger partial charge >= 0.3 is 0 Å². The van der Waals surface area contributed by atoms with Crippen LogP contribution in [0.1, 0.15) is 0 Å². The lowest BCUT2D eigenvalue weighted by molar-refractivity contribution is 1.18. The molecule has 0 bridgehead atoms. The molecule has 12 rings (SSSR count). The highest BCUT2D eigenvalue weighted by molar-refractivity contribution is 7.00. The molecule has 0 unspecified atom stereocenters. The van der Waals surface area contributed by atoms with Gasteiger partial charge in [0.05, 0.1) is 28.4 Å². The van der Waals surface area contributed by atoms with Gasteiger partial charge in [0.15, 0.2) is 0 Å². The second-order valence-electron chi connectivity index (χ2n) is 15.9. The first kappa shape index (κ1) is 36.7. The average Bonchev–Trinajstić information content (AvgIpc) is 3.99. The standard InChI is InChI=1S/C58H38N4S/c1-4-12-39(13-5-1)42-20-28-47(29-21-42)61(48-30-22-43(23-31-48)40-14-6-2-7-15-40)55-37-34-51(57-58(55)60-63-59-57)45-24-32-49(33-25-45)62-53-35-27-46(41-16-8-3-9-17-41)38-52(53)56-50-19-11-10-18-44(50)26-36-54(56)62/h1-38H. The fourth-order valence-electron chi connectivity index (χ4n) is 9.23. The summed E-state index contributed by atoms with van der Waals surface area (Å²) in [5.74, 6) is 0. The predicted octanol–water partition coefficient (Wildman–Crippen LogP) is 16.1. The molecule has 2 aromatic heterocycles. The summed E-state index contributed by atoms with van der Waals surface area (Å²) in [6.07, 6.45) is 0. The largest absolute Gasteiger partial charge is 0.309 e. The highest BCUT2D eigenvalue weighted by Crippen LogP contribution is 2.43. The molecular formula is C58H38N4S. The zero-order valence-electron chi connectivity index (χ0n) is 34.1. The van der Waals surface area contributed by atoms with E-state index >= 15 is 0 Å². The molecule has 0 amide bonds. The molecule has 0 fully saturated rings. The summed E-state index contributed by atoms with van der Waals surface area (Å²) >= 11 is 1.26. The van der Waals surface area contributed by atoms with Crippen LogP contribution >= 0.6 is 11.7 Å². The second-order valence-corrected chi connectivity index (χ2v) is 16.4. The van der Waals surface area contributed by atoms with Crippen molar-refractivity contribution >= 4 is 72.4 Å². The lowest BCUT2D eigenvalue weighted by Gasteiger charge is -2.26. The third-order valence-electron chi connectivity index (χ3n) is 12.3. The van der Waals surface area contributed by atoms with Gasteiger partial charge in [-0.2, -0.15) is 8.75 Å². The monoisotopic (exact) mass is 822 g/mol. The first-order chi connectivity index (χ1) is 31.2. The van der Waals surface area contributed by atoms with Crippen LogP contribution in [0, 0.1) is 0 Å². The summed E-state index contributed by atoms with van der Waals surface area (Å²) in [6, 6.07) is 82.7. The SMILES string of the molecule is c1ccc(-c2ccc(N(c3ccc(-c4ccccc4)cc3)c3ccc(-c4ccc(-n5c6ccc(-c7ccccc7)cc6c6c7ccccc7ccc65)cc4)c4nsnc34)cc2)cc1. The average molecular weight is 823 g/mol. The van der Waals surface area contributed by atoms with Gasteiger partial charge in [-0.25, -0.2) is 0 Å². The van der Waals surface area contributed by atoms with Crippen LogP contribution in [0.5, 0.6) is 0 Å². The van der Waals surface area contributed by atoms with Crippen LogP contribution < -0.4 is 4.90 Å². The van der Waals surface area contributed by atoms with E-state index in [4.69, 9.17) is 8.75 Å². The van der Waals surface area contributed by atoms with Crippen molar-refractivity contribution in [1.82, 2.24) is 13.3 Å². The fourth-order valence-corrected chi connectivity index (χ4v) is 9.80. The van der Waals surface area contributed by atoms with Crippen LogP contribution in [-0.4, -0.2) is 13.3 Å². The Kier molecular flexibility index (Phi) is 8.98. The molecule has 0 saturated carbocycles. The molecule has 0 aliphatic carbocycles. The topological polar surface area (TPSA) is 34.0 Å². The Bertz CT molecular complexity index is 3500. The first-order valence-corrected chi connectivity index (χ1v) is 22.0. The fraction of sp³-hybridized carbons (Fsp3) is 0. The number of rotatable bonds is 8. The number of anilines is 3. The van der Waals surface area contributed by atoms with Gasteiger partial charge in [0.2, 0.25) is 0 Å². The van der Waals surface area contributed by atoms with Crippen LogP contribution in [-0.2, 0) is 0 Å². The zero-order valence-corrected chi connectivity index (χ0v) is 35.0. The lowest BCUT2D eigenvalue weighted by Crippen LogP contribution is -2.10. The van der Waals surface area contributed by atoms with Crippen LogP contribution in [0.25, 0.3) is 93.8 Å². The van der Waals surface area contributed by atoms with Crippen molar-refractivity contribution in [1.29, 1.82) is 0 Å². The van der Waals surface area contributed by atoms with Crippen LogP contribution in [0.2, 0.25) is 0 Å². The van der Waals surface area contributed by atoms with E-state index in [1.54, 1.807) is 0 Å². The smallest absolute Gasteiger partial charge is 0.129 e. The Balaban J connectivity index is 0.953. The van der Waals surface area contributed by atoms with Gasteiger partial charge < -0.3 is 9.47 Å². The molecule has 0 N–H and O–H groups in total. The normalized spacial score (nSPS) is 11.5. The molecule has 5 heteroatoms. The molecule has 4 nitrogen and oxygen atoms in total. The maximum Gasteiger partial charge on any atom is 0.129 e. The van der Waals surface area contributed by atoms with Gasteiger partial charge in [-0.3, -0.25) is 0 Å². The van der Waals surface area contributed by atoms with E-state index in [9.17, 15) is 0 Å². The molecule has 296 valence electrons. The minimum absolute atomic E-state index is 0.865. The molecule has 0 saturated heterocycles. The lowest BCUT2D eigenvalue weighted by atomic mass is 10.0. The number of fused-ring (bicyclic) bond motifs is 6. The Labute approximate surface area is 369 Å². The van der Waals surface area contributed by atoms with Crippen molar-refractivity contribution in [2.45, 2.75) is 0 Å². The second kappa shape index (κ2) is 15.4. The van der Waals surface area contributed by atoms with Gasteiger partial charge in [0.1, 0.15) is 11.0 Å². The highest BCUT2D eigenvalue weighted by atomic mass is 32.1. The van der Waals surface area contributed by atoms with Crippen molar-refractivity contribution in [3.05, 3.63) is 231 Å². The number of hydrogen-bond acceptors (Lipinski definition) is 4. The molecule has 0 aliphatic rings. The van der Waals surface area contributed by atoms with E-state index in [2.05, 4.69) is 240 Å². The Hall–Kier alpha value is -8.12. The molecule has 0 aliphatic heterocycles. The van der Waals surface area contributed by atoms with Gasteiger partial charge in [0, 0.05) is 33.4 Å². The van der Waals surface area contributed by atoms with E-state index in [1.807, 2.05) is 0 Å². The summed E-state index contributed by atoms with van der Waals surface area (Å²) < 4.78 is 12.3. The third-order valence-corrected chi connectivity index (χ3v) is 12.8. The molecular weight excluding hydrogens is 785 g/mol. The van der Waals surface area contributed by atoms with Crippen molar-refractivity contribution in [2.24, 2.45) is 0 Å². The quantitative estimate of drug-likeness (QED) is 0.153. The summed E-state index contributed by atoms with van der Waals surface area (Å²) in [7, 11) is 0. The van der Waals surface area contributed by atoms with Crippen LogP contribution in [0.4, 0.5) is 17.1 Å². The zero-order chi connectivity index (χ0) is 41.7. The van der Waals surface area contributed by atoms with Crippen molar-refractivity contribution in [3.63, 3.8) is 0 Å². The molecule has 10 aromatic carbocycles. The minimum atomic E-state index is 0.865. The van der Waals surface area contributed by atoms with Gasteiger partial charge in [-0.1, -0.05) is 164 Å². The molecule has 0 spiro atoms. The summed E-state index contributed by atoms with van der Waals surface area (Å²) in [4.78, 5) is 2.30. The number of benzene rings is 10. The van der Waals surface area contributed by atoms with Gasteiger partial charge in [0.25, 0.3) is 0 Å². The molecule has 63 heavy (non-hydrogen) atoms. The Morgan fingerprint density at radius 2 is 0.873 bits per heavy atom. The molecule has 0 radical (unpaired) electrons. The third kappa shape index (κ3) is 6.46.